The molecule has 0 bridgehead atoms. The number of esters is 2. The van der Waals surface area contributed by atoms with Crippen LogP contribution in [0.5, 0.6) is 5.75 Å². The van der Waals surface area contributed by atoms with Crippen molar-refractivity contribution in [3.63, 3.8) is 0 Å². The molecule has 0 unspecified atom stereocenters. The topological polar surface area (TPSA) is 190 Å². The van der Waals surface area contributed by atoms with Gasteiger partial charge in [0.1, 0.15) is 28.5 Å². The van der Waals surface area contributed by atoms with E-state index in [1.807, 2.05) is 24.3 Å². The van der Waals surface area contributed by atoms with Crippen molar-refractivity contribution >= 4 is 62.1 Å². The number of carbonyl (C=O) groups excluding carboxylic acids is 2. The maximum Gasteiger partial charge on any atom is 0.356 e. The maximum atomic E-state index is 13.8. The number of pyridine rings is 2. The van der Waals surface area contributed by atoms with E-state index in [9.17, 15) is 29.4 Å². The molecule has 0 fully saturated rings. The van der Waals surface area contributed by atoms with E-state index in [4.69, 9.17) is 13.9 Å². The molecule has 0 spiro atoms. The number of phenolic OH excluding ortho intramolecular Hbond substituents is 1. The van der Waals surface area contributed by atoms with E-state index in [1.165, 1.54) is 32.4 Å². The Bertz CT molecular complexity index is 2960. The minimum atomic E-state index is -1.15. The van der Waals surface area contributed by atoms with Crippen LogP contribution in [0.15, 0.2) is 118 Å². The van der Waals surface area contributed by atoms with Crippen LogP contribution < -0.4 is 16.1 Å². The number of hydrogen-bond donors (Lipinski definition) is 4. The monoisotopic (exact) mass is 760 g/mol. The highest BCUT2D eigenvalue weighted by Crippen LogP contribution is 2.45. The molecule has 2 aliphatic rings. The van der Waals surface area contributed by atoms with Crippen molar-refractivity contribution in [2.45, 2.75) is 13.1 Å². The number of carbonyl (C=O) groups is 3. The van der Waals surface area contributed by atoms with E-state index in [-0.39, 0.29) is 58.1 Å². The average molecular weight is 761 g/mol. The van der Waals surface area contributed by atoms with Crippen LogP contribution in [0.2, 0.25) is 0 Å². The minimum Gasteiger partial charge on any atom is -0.507 e. The van der Waals surface area contributed by atoms with Crippen LogP contribution in [-0.2, 0) is 22.6 Å². The minimum absolute atomic E-state index is 0.00368. The smallest absolute Gasteiger partial charge is 0.356 e. The number of phenols is 1. The highest BCUT2D eigenvalue weighted by molar-refractivity contribution is 6.09. The second kappa shape index (κ2) is 14.8. The van der Waals surface area contributed by atoms with Crippen molar-refractivity contribution in [3.05, 3.63) is 147 Å². The number of aromatic carboxylic acids is 1. The summed E-state index contributed by atoms with van der Waals surface area (Å²) >= 11 is 0. The predicted molar refractivity (Wildman–Crippen MR) is 214 cm³/mol. The Morgan fingerprint density at radius 3 is 1.86 bits per heavy atom. The fourth-order valence-electron chi connectivity index (χ4n) is 7.00. The summed E-state index contributed by atoms with van der Waals surface area (Å²) in [6, 6.07) is 30.2. The van der Waals surface area contributed by atoms with Gasteiger partial charge in [-0.3, -0.25) is 4.79 Å². The van der Waals surface area contributed by atoms with Crippen LogP contribution in [0.4, 0.5) is 11.4 Å². The highest BCUT2D eigenvalue weighted by atomic mass is 16.5. The molecule has 4 aromatic carbocycles. The molecule has 1 aliphatic heterocycles. The number of anilines is 2. The van der Waals surface area contributed by atoms with Crippen LogP contribution in [-0.4, -0.2) is 52.3 Å². The second-order valence-electron chi connectivity index (χ2n) is 13.0. The predicted octanol–water partition coefficient (Wildman–Crippen LogP) is 7.86. The van der Waals surface area contributed by atoms with Crippen LogP contribution >= 0.6 is 0 Å². The Balaban J connectivity index is 1.30. The van der Waals surface area contributed by atoms with E-state index in [0.29, 0.717) is 50.0 Å². The van der Waals surface area contributed by atoms with E-state index in [1.54, 1.807) is 66.7 Å². The number of methoxy groups -OCH3 is 2. The Kier molecular flexibility index (Phi) is 9.39. The van der Waals surface area contributed by atoms with Crippen LogP contribution in [0.25, 0.3) is 55.2 Å². The van der Waals surface area contributed by atoms with Gasteiger partial charge in [-0.1, -0.05) is 54.6 Å². The van der Waals surface area contributed by atoms with Crippen LogP contribution in [0, 0.1) is 0 Å². The second-order valence-corrected chi connectivity index (χ2v) is 13.0. The molecule has 0 amide bonds. The highest BCUT2D eigenvalue weighted by Gasteiger charge is 2.27. The summed E-state index contributed by atoms with van der Waals surface area (Å²) in [7, 11) is 2.55. The molecule has 282 valence electrons. The third kappa shape index (κ3) is 6.56. The Hall–Kier alpha value is -7.80. The summed E-state index contributed by atoms with van der Waals surface area (Å²) in [4.78, 5) is 60.0. The quantitative estimate of drug-likeness (QED) is 0.0779. The first-order valence-corrected chi connectivity index (χ1v) is 17.7. The van der Waals surface area contributed by atoms with Gasteiger partial charge in [-0.05, 0) is 60.2 Å². The van der Waals surface area contributed by atoms with Gasteiger partial charge in [0.25, 0.3) is 0 Å². The Morgan fingerprint density at radius 2 is 1.26 bits per heavy atom. The zero-order valence-electron chi connectivity index (χ0n) is 30.5. The van der Waals surface area contributed by atoms with Gasteiger partial charge in [0, 0.05) is 40.4 Å². The van der Waals surface area contributed by atoms with Crippen molar-refractivity contribution < 1.29 is 38.5 Å². The van der Waals surface area contributed by atoms with Gasteiger partial charge in [-0.2, -0.15) is 0 Å². The van der Waals surface area contributed by atoms with Crippen molar-refractivity contribution in [1.82, 2.24) is 9.97 Å². The lowest BCUT2D eigenvalue weighted by atomic mass is 9.88. The van der Waals surface area contributed by atoms with Crippen LogP contribution in [0.1, 0.15) is 42.5 Å². The number of para-hydroxylation sites is 2. The molecule has 57 heavy (non-hydrogen) atoms. The fraction of sp³-hybridized carbons (Fsp3) is 0.0909. The summed E-state index contributed by atoms with van der Waals surface area (Å²) < 4.78 is 16.4. The SMILES string of the molecule is COC(=O)c1ccc2cccc(NCc3c4oc5c(CNc6cccc7ccc(C(=O)OC)nc67)c(O)ccc5c(-c5ccccc5C(=O)O)c-4ccc3=O)c2n1. The largest absolute Gasteiger partial charge is 0.507 e. The lowest BCUT2D eigenvalue weighted by Gasteiger charge is -2.21. The summed E-state index contributed by atoms with van der Waals surface area (Å²) in [5.41, 5.74) is 4.02. The summed E-state index contributed by atoms with van der Waals surface area (Å²) in [6.45, 7) is -0.0542. The van der Waals surface area contributed by atoms with Gasteiger partial charge in [-0.15, -0.1) is 0 Å². The van der Waals surface area contributed by atoms with E-state index >= 15 is 0 Å². The fourth-order valence-corrected chi connectivity index (χ4v) is 7.00. The van der Waals surface area contributed by atoms with Crippen molar-refractivity contribution in [2.24, 2.45) is 0 Å². The van der Waals surface area contributed by atoms with Gasteiger partial charge >= 0.3 is 17.9 Å². The molecule has 4 N–H and O–H groups in total. The average Bonchev–Trinajstić information content (AvgIpc) is 3.24. The summed E-state index contributed by atoms with van der Waals surface area (Å²) in [6.07, 6.45) is 0. The molecular weight excluding hydrogens is 729 g/mol. The zero-order chi connectivity index (χ0) is 39.8. The van der Waals surface area contributed by atoms with Crippen molar-refractivity contribution in [3.8, 4) is 28.2 Å². The molecular formula is C44H32N4O9. The van der Waals surface area contributed by atoms with E-state index in [2.05, 4.69) is 20.6 Å². The van der Waals surface area contributed by atoms with Gasteiger partial charge in [-0.25, -0.2) is 24.4 Å². The number of fused-ring (bicyclic) bond motifs is 4. The molecule has 0 saturated carbocycles. The standard InChI is InChI=1S/C44H32N4O9/c1-55-43(53)33-17-13-23-7-5-11-31(38(23)47-33)45-21-29-35(49)19-15-27-37(25-9-3-4-10-26(25)42(51)52)28-16-20-36(50)30(41(28)57-40(27)29)22-46-32-12-6-8-24-14-18-34(44(54)56-2)48-39(24)32/h3-20,45-46,49H,21-22H2,1-2H3,(H,51,52). The molecule has 1 aliphatic carbocycles. The zero-order valence-corrected chi connectivity index (χ0v) is 30.5. The Labute approximate surface area is 323 Å². The van der Waals surface area contributed by atoms with E-state index in [0.717, 1.165) is 10.8 Å². The van der Waals surface area contributed by atoms with E-state index < -0.39 is 17.9 Å². The van der Waals surface area contributed by atoms with Crippen molar-refractivity contribution in [1.29, 1.82) is 0 Å². The number of nitrogens with one attached hydrogen (secondary N) is 2. The number of aromatic hydroxyl groups is 1. The molecule has 0 saturated heterocycles. The number of aromatic nitrogens is 2. The molecule has 3 heterocycles. The first kappa shape index (κ1) is 36.2. The number of carboxylic acids is 1. The lowest BCUT2D eigenvalue weighted by molar-refractivity contribution is 0.0586. The van der Waals surface area contributed by atoms with Gasteiger partial charge < -0.3 is 34.7 Å². The molecule has 0 atom stereocenters. The van der Waals surface area contributed by atoms with Crippen LogP contribution in [0.3, 0.4) is 0 Å². The summed E-state index contributed by atoms with van der Waals surface area (Å²) in [5, 5.41) is 30.3. The maximum absolute atomic E-state index is 13.8. The van der Waals surface area contributed by atoms with Gasteiger partial charge in [0.15, 0.2) is 5.43 Å². The molecule has 8 rings (SSSR count). The van der Waals surface area contributed by atoms with Gasteiger partial charge in [0.05, 0.1) is 53.3 Å². The summed E-state index contributed by atoms with van der Waals surface area (Å²) in [5.74, 6) is -2.30. The normalized spacial score (nSPS) is 11.2. The van der Waals surface area contributed by atoms with Crippen molar-refractivity contribution in [2.75, 3.05) is 24.9 Å². The number of carboxylic acid groups (broad SMARTS) is 1. The first-order valence-electron chi connectivity index (χ1n) is 17.7. The number of ether oxygens (including phenoxy) is 2. The lowest BCUT2D eigenvalue weighted by Crippen LogP contribution is -2.15. The Morgan fingerprint density at radius 1 is 0.667 bits per heavy atom. The van der Waals surface area contributed by atoms with Gasteiger partial charge in [0.2, 0.25) is 0 Å². The third-order valence-electron chi connectivity index (χ3n) is 9.76. The molecule has 2 aromatic heterocycles. The first-order chi connectivity index (χ1) is 27.7. The number of benzene rings is 5. The number of rotatable bonds is 10. The number of hydrogen-bond acceptors (Lipinski definition) is 12. The molecule has 6 aromatic rings. The third-order valence-corrected chi connectivity index (χ3v) is 9.76. The number of nitrogens with zero attached hydrogens (tertiary/aromatic N) is 2. The molecule has 13 heteroatoms. The molecule has 0 radical (unpaired) electrons. The molecule has 13 nitrogen and oxygen atoms in total.